The van der Waals surface area contributed by atoms with Crippen molar-refractivity contribution in [3.05, 3.63) is 82.4 Å². The number of piperidine rings is 1. The number of likely N-dealkylation sites (tertiary alicyclic amines) is 1. The maximum atomic E-state index is 12.2. The maximum absolute atomic E-state index is 12.2. The molecule has 2 atom stereocenters. The molecule has 1 N–H and O–H groups in total. The third kappa shape index (κ3) is 4.10. The van der Waals surface area contributed by atoms with E-state index in [1.165, 1.54) is 33.4 Å². The van der Waals surface area contributed by atoms with Gasteiger partial charge in [0.25, 0.3) is 0 Å². The summed E-state index contributed by atoms with van der Waals surface area (Å²) in [4.78, 5) is 14.4. The first-order chi connectivity index (χ1) is 18.0. The summed E-state index contributed by atoms with van der Waals surface area (Å²) >= 11 is 0. The minimum atomic E-state index is -0.675. The number of carboxylic acid groups (broad SMARTS) is 1. The van der Waals surface area contributed by atoms with Crippen molar-refractivity contribution in [1.29, 1.82) is 0 Å². The van der Waals surface area contributed by atoms with Gasteiger partial charge in [-0.05, 0) is 91.3 Å². The Morgan fingerprint density at radius 3 is 2.65 bits per heavy atom. The SMILES string of the molecule is COc1cc(OCc2cccc(-c3ccccc3)c2C)c2c(c1CN1CCC[C@H]3C[C@]31C(=O)O)CCC2. The lowest BCUT2D eigenvalue weighted by Gasteiger charge is -2.34. The van der Waals surface area contributed by atoms with Crippen LogP contribution in [-0.4, -0.2) is 35.2 Å². The number of carboxylic acids is 1. The summed E-state index contributed by atoms with van der Waals surface area (Å²) in [6.07, 6.45) is 5.91. The highest BCUT2D eigenvalue weighted by atomic mass is 16.5. The monoisotopic (exact) mass is 497 g/mol. The number of ether oxygens (including phenoxy) is 2. The van der Waals surface area contributed by atoms with Crippen LogP contribution in [-0.2, 0) is 30.8 Å². The minimum absolute atomic E-state index is 0.287. The van der Waals surface area contributed by atoms with Gasteiger partial charge in [0.2, 0.25) is 0 Å². The molecule has 0 radical (unpaired) electrons. The number of hydrogen-bond acceptors (Lipinski definition) is 4. The highest BCUT2D eigenvalue weighted by Gasteiger charge is 2.65. The van der Waals surface area contributed by atoms with E-state index >= 15 is 0 Å². The topological polar surface area (TPSA) is 59.0 Å². The van der Waals surface area contributed by atoms with Crippen molar-refractivity contribution in [3.63, 3.8) is 0 Å². The summed E-state index contributed by atoms with van der Waals surface area (Å²) in [5, 5.41) is 10.1. The van der Waals surface area contributed by atoms with Gasteiger partial charge in [0, 0.05) is 18.2 Å². The lowest BCUT2D eigenvalue weighted by molar-refractivity contribution is -0.147. The second-order valence-corrected chi connectivity index (χ2v) is 10.8. The molecule has 37 heavy (non-hydrogen) atoms. The van der Waals surface area contributed by atoms with Gasteiger partial charge in [0.1, 0.15) is 23.6 Å². The molecule has 1 saturated carbocycles. The fourth-order valence-corrected chi connectivity index (χ4v) is 6.78. The Morgan fingerprint density at radius 1 is 1.05 bits per heavy atom. The van der Waals surface area contributed by atoms with Crippen molar-refractivity contribution >= 4 is 5.97 Å². The first-order valence-corrected chi connectivity index (χ1v) is 13.5. The Hall–Kier alpha value is -3.31. The van der Waals surface area contributed by atoms with Gasteiger partial charge in [-0.15, -0.1) is 0 Å². The molecule has 3 aromatic carbocycles. The van der Waals surface area contributed by atoms with Gasteiger partial charge in [-0.1, -0.05) is 48.5 Å². The number of carbonyl (C=O) groups is 1. The van der Waals surface area contributed by atoms with Gasteiger partial charge in [-0.3, -0.25) is 9.69 Å². The Bertz CT molecular complexity index is 1330. The van der Waals surface area contributed by atoms with E-state index in [1.54, 1.807) is 7.11 Å². The normalized spacial score (nSPS) is 22.3. The van der Waals surface area contributed by atoms with E-state index in [-0.39, 0.29) is 5.92 Å². The molecule has 0 aromatic heterocycles. The van der Waals surface area contributed by atoms with E-state index < -0.39 is 11.5 Å². The number of aliphatic carboxylic acids is 1. The second kappa shape index (κ2) is 9.53. The largest absolute Gasteiger partial charge is 0.496 e. The Labute approximate surface area is 219 Å². The average molecular weight is 498 g/mol. The van der Waals surface area contributed by atoms with Crippen molar-refractivity contribution in [2.24, 2.45) is 5.92 Å². The van der Waals surface area contributed by atoms with Crippen LogP contribution < -0.4 is 9.47 Å². The standard InChI is InChI=1S/C32H35NO4/c1-21-23(11-6-13-25(21)22-9-4-3-5-10-22)20-37-30-17-29(36-2)28(26-14-7-15-27(26)30)19-33-16-8-12-24-18-32(24,33)31(34)35/h3-6,9-11,13,17,24H,7-8,12,14-16,18-20H2,1-2H3,(H,34,35)/t24-,32+/m0/s1. The first kappa shape index (κ1) is 24.1. The van der Waals surface area contributed by atoms with E-state index in [4.69, 9.17) is 9.47 Å². The van der Waals surface area contributed by atoms with Crippen LogP contribution in [0.4, 0.5) is 0 Å². The van der Waals surface area contributed by atoms with Crippen LogP contribution in [0.3, 0.4) is 0 Å². The molecule has 3 aromatic rings. The van der Waals surface area contributed by atoms with E-state index in [1.807, 2.05) is 12.1 Å². The van der Waals surface area contributed by atoms with Crippen molar-refractivity contribution < 1.29 is 19.4 Å². The third-order valence-corrected chi connectivity index (χ3v) is 8.91. The number of hydrogen-bond donors (Lipinski definition) is 1. The summed E-state index contributed by atoms with van der Waals surface area (Å²) in [7, 11) is 1.71. The molecule has 1 aliphatic heterocycles. The zero-order valence-corrected chi connectivity index (χ0v) is 21.8. The van der Waals surface area contributed by atoms with Gasteiger partial charge in [0.05, 0.1) is 7.11 Å². The third-order valence-electron chi connectivity index (χ3n) is 8.91. The molecular weight excluding hydrogens is 462 g/mol. The first-order valence-electron chi connectivity index (χ1n) is 13.5. The maximum Gasteiger partial charge on any atom is 0.324 e. The van der Waals surface area contributed by atoms with Crippen LogP contribution >= 0.6 is 0 Å². The molecule has 1 heterocycles. The van der Waals surface area contributed by atoms with Crippen LogP contribution in [0.25, 0.3) is 11.1 Å². The number of rotatable bonds is 8. The Balaban J connectivity index is 1.28. The highest BCUT2D eigenvalue weighted by molar-refractivity contribution is 5.83. The van der Waals surface area contributed by atoms with Crippen molar-refractivity contribution in [3.8, 4) is 22.6 Å². The van der Waals surface area contributed by atoms with E-state index in [2.05, 4.69) is 54.3 Å². The fraction of sp³-hybridized carbons (Fsp3) is 0.406. The summed E-state index contributed by atoms with van der Waals surface area (Å²) in [6, 6.07) is 18.9. The van der Waals surface area contributed by atoms with Gasteiger partial charge in [-0.25, -0.2) is 0 Å². The molecule has 5 nitrogen and oxygen atoms in total. The van der Waals surface area contributed by atoms with Gasteiger partial charge in [-0.2, -0.15) is 0 Å². The molecule has 0 unspecified atom stereocenters. The molecule has 192 valence electrons. The summed E-state index contributed by atoms with van der Waals surface area (Å²) in [6.45, 7) is 4.12. The van der Waals surface area contributed by atoms with Crippen LogP contribution in [0.15, 0.2) is 54.6 Å². The van der Waals surface area contributed by atoms with E-state index in [0.29, 0.717) is 13.2 Å². The number of benzene rings is 3. The van der Waals surface area contributed by atoms with Crippen molar-refractivity contribution in [1.82, 2.24) is 4.90 Å². The molecule has 3 aliphatic rings. The van der Waals surface area contributed by atoms with Crippen LogP contribution in [0.2, 0.25) is 0 Å². The van der Waals surface area contributed by atoms with Crippen LogP contribution in [0, 0.1) is 12.8 Å². The molecule has 2 fully saturated rings. The predicted molar refractivity (Wildman–Crippen MR) is 144 cm³/mol. The molecule has 1 saturated heterocycles. The fourth-order valence-electron chi connectivity index (χ4n) is 6.78. The number of nitrogens with zero attached hydrogens (tertiary/aromatic N) is 1. The lowest BCUT2D eigenvalue weighted by atomic mass is 9.96. The smallest absolute Gasteiger partial charge is 0.324 e. The number of methoxy groups -OCH3 is 1. The van der Waals surface area contributed by atoms with Gasteiger partial charge >= 0.3 is 5.97 Å². The molecule has 0 bridgehead atoms. The number of fused-ring (bicyclic) bond motifs is 2. The molecular formula is C32H35NO4. The molecule has 2 aliphatic carbocycles. The molecule has 5 heteroatoms. The van der Waals surface area contributed by atoms with Gasteiger partial charge < -0.3 is 14.6 Å². The quantitative estimate of drug-likeness (QED) is 0.403. The summed E-state index contributed by atoms with van der Waals surface area (Å²) in [5.74, 6) is 1.33. The zero-order valence-electron chi connectivity index (χ0n) is 21.8. The van der Waals surface area contributed by atoms with Crippen molar-refractivity contribution in [2.45, 2.75) is 64.1 Å². The van der Waals surface area contributed by atoms with Gasteiger partial charge in [0.15, 0.2) is 0 Å². The lowest BCUT2D eigenvalue weighted by Crippen LogP contribution is -2.47. The molecule has 6 rings (SSSR count). The van der Waals surface area contributed by atoms with Crippen LogP contribution in [0.5, 0.6) is 11.5 Å². The van der Waals surface area contributed by atoms with Crippen LogP contribution in [0.1, 0.15) is 53.5 Å². The predicted octanol–water partition coefficient (Wildman–Crippen LogP) is 6.18. The van der Waals surface area contributed by atoms with E-state index in [9.17, 15) is 9.90 Å². The highest BCUT2D eigenvalue weighted by Crippen LogP contribution is 2.55. The Kier molecular flexibility index (Phi) is 6.20. The minimum Gasteiger partial charge on any atom is -0.496 e. The molecule has 0 amide bonds. The second-order valence-electron chi connectivity index (χ2n) is 10.8. The van der Waals surface area contributed by atoms with Crippen molar-refractivity contribution in [2.75, 3.05) is 13.7 Å². The molecule has 0 spiro atoms. The average Bonchev–Trinajstić information content (AvgIpc) is 3.49. The summed E-state index contributed by atoms with van der Waals surface area (Å²) in [5.41, 5.74) is 7.89. The van der Waals surface area contributed by atoms with E-state index in [0.717, 1.165) is 62.1 Å². The zero-order chi connectivity index (χ0) is 25.6. The Morgan fingerprint density at radius 2 is 1.86 bits per heavy atom. The summed E-state index contributed by atoms with van der Waals surface area (Å²) < 4.78 is 12.4.